The van der Waals surface area contributed by atoms with Gasteiger partial charge >= 0.3 is 0 Å². The first kappa shape index (κ1) is 22.0. The van der Waals surface area contributed by atoms with Gasteiger partial charge in [-0.1, -0.05) is 30.7 Å². The van der Waals surface area contributed by atoms with Crippen molar-refractivity contribution in [2.75, 3.05) is 39.3 Å². The van der Waals surface area contributed by atoms with Crippen LogP contribution in [0.4, 0.5) is 4.39 Å². The Labute approximate surface area is 185 Å². The van der Waals surface area contributed by atoms with Crippen molar-refractivity contribution in [3.63, 3.8) is 0 Å². The van der Waals surface area contributed by atoms with Crippen molar-refractivity contribution in [2.24, 2.45) is 0 Å². The van der Waals surface area contributed by atoms with Gasteiger partial charge in [0, 0.05) is 18.2 Å². The number of benzene rings is 2. The zero-order valence-corrected chi connectivity index (χ0v) is 18.4. The summed E-state index contributed by atoms with van der Waals surface area (Å²) in [5, 5.41) is 3.04. The van der Waals surface area contributed by atoms with E-state index in [9.17, 15) is 9.18 Å². The fraction of sp³-hybridized carbons (Fsp3) is 0.500. The molecule has 2 aromatic carbocycles. The van der Waals surface area contributed by atoms with Gasteiger partial charge < -0.3 is 15.1 Å². The number of nitrogens with one attached hydrogen (secondary N) is 1. The van der Waals surface area contributed by atoms with Gasteiger partial charge in [-0.2, -0.15) is 0 Å². The summed E-state index contributed by atoms with van der Waals surface area (Å²) < 4.78 is 13.1. The van der Waals surface area contributed by atoms with Gasteiger partial charge in [-0.25, -0.2) is 4.39 Å². The van der Waals surface area contributed by atoms with Gasteiger partial charge in [0.25, 0.3) is 5.91 Å². The Hall–Kier alpha value is -2.24. The number of hydrogen-bond donors (Lipinski definition) is 1. The molecule has 2 fully saturated rings. The minimum atomic E-state index is -0.244. The van der Waals surface area contributed by atoms with E-state index in [0.717, 1.165) is 30.1 Å². The molecule has 31 heavy (non-hydrogen) atoms. The highest BCUT2D eigenvalue weighted by atomic mass is 19.1. The normalized spacial score (nSPS) is 18.7. The Kier molecular flexibility index (Phi) is 7.71. The molecule has 0 unspecified atom stereocenters. The van der Waals surface area contributed by atoms with Crippen LogP contribution in [0.25, 0.3) is 11.1 Å². The van der Waals surface area contributed by atoms with Gasteiger partial charge in [0.15, 0.2) is 0 Å². The van der Waals surface area contributed by atoms with Crippen LogP contribution in [0.1, 0.15) is 48.9 Å². The molecule has 1 N–H and O–H groups in total. The fourth-order valence-corrected chi connectivity index (χ4v) is 4.85. The van der Waals surface area contributed by atoms with Gasteiger partial charge in [-0.3, -0.25) is 4.79 Å². The van der Waals surface area contributed by atoms with Gasteiger partial charge in [0.05, 0.1) is 0 Å². The lowest BCUT2D eigenvalue weighted by Crippen LogP contribution is -2.47. The SMILES string of the molecule is O=C(NCCCN1CCC(N2CCCCC2)CC1)c1ccc(-c2ccc(F)cc2)cc1. The van der Waals surface area contributed by atoms with Crippen LogP contribution in [-0.4, -0.2) is 61.0 Å². The first-order valence-electron chi connectivity index (χ1n) is 11.8. The number of nitrogens with zero attached hydrogens (tertiary/aromatic N) is 2. The van der Waals surface area contributed by atoms with E-state index in [1.807, 2.05) is 24.3 Å². The van der Waals surface area contributed by atoms with E-state index in [-0.39, 0.29) is 11.7 Å². The Balaban J connectivity index is 1.15. The molecule has 0 aliphatic carbocycles. The van der Waals surface area contributed by atoms with Crippen LogP contribution < -0.4 is 5.32 Å². The molecular weight excluding hydrogens is 389 g/mol. The summed E-state index contributed by atoms with van der Waals surface area (Å²) in [6, 6.07) is 14.7. The minimum Gasteiger partial charge on any atom is -0.352 e. The number of carbonyl (C=O) groups excluding carboxylic acids is 1. The van der Waals surface area contributed by atoms with E-state index in [0.29, 0.717) is 12.1 Å². The largest absolute Gasteiger partial charge is 0.352 e. The molecule has 2 aliphatic rings. The Bertz CT molecular complexity index is 823. The number of rotatable bonds is 7. The molecule has 2 heterocycles. The number of piperidine rings is 2. The summed E-state index contributed by atoms with van der Waals surface area (Å²) in [5.74, 6) is -0.277. The fourth-order valence-electron chi connectivity index (χ4n) is 4.85. The Morgan fingerprint density at radius 2 is 1.48 bits per heavy atom. The molecule has 0 atom stereocenters. The molecular formula is C26H34FN3O. The quantitative estimate of drug-likeness (QED) is 0.663. The van der Waals surface area contributed by atoms with Crippen LogP contribution in [0.2, 0.25) is 0 Å². The van der Waals surface area contributed by atoms with E-state index in [1.165, 1.54) is 70.4 Å². The third-order valence-electron chi connectivity index (χ3n) is 6.73. The average Bonchev–Trinajstić information content (AvgIpc) is 2.83. The number of amides is 1. The highest BCUT2D eigenvalue weighted by molar-refractivity contribution is 5.94. The molecule has 4 rings (SSSR count). The van der Waals surface area contributed by atoms with Gasteiger partial charge in [0.2, 0.25) is 0 Å². The molecule has 1 amide bonds. The molecule has 166 valence electrons. The van der Waals surface area contributed by atoms with Crippen molar-refractivity contribution >= 4 is 5.91 Å². The molecule has 0 spiro atoms. The number of likely N-dealkylation sites (tertiary alicyclic amines) is 2. The first-order chi connectivity index (χ1) is 15.2. The molecule has 2 aliphatic heterocycles. The summed E-state index contributed by atoms with van der Waals surface area (Å²) in [5.41, 5.74) is 2.58. The van der Waals surface area contributed by atoms with Crippen LogP contribution >= 0.6 is 0 Å². The van der Waals surface area contributed by atoms with E-state index in [1.54, 1.807) is 12.1 Å². The third-order valence-corrected chi connectivity index (χ3v) is 6.73. The first-order valence-corrected chi connectivity index (χ1v) is 11.8. The van der Waals surface area contributed by atoms with Crippen molar-refractivity contribution in [1.29, 1.82) is 0 Å². The molecule has 2 aromatic rings. The predicted molar refractivity (Wildman–Crippen MR) is 124 cm³/mol. The highest BCUT2D eigenvalue weighted by Gasteiger charge is 2.25. The monoisotopic (exact) mass is 423 g/mol. The van der Waals surface area contributed by atoms with Crippen molar-refractivity contribution in [1.82, 2.24) is 15.1 Å². The van der Waals surface area contributed by atoms with Gasteiger partial charge in [-0.15, -0.1) is 0 Å². The topological polar surface area (TPSA) is 35.6 Å². The van der Waals surface area contributed by atoms with Crippen LogP contribution in [0.15, 0.2) is 48.5 Å². The molecule has 2 saturated heterocycles. The van der Waals surface area contributed by atoms with Crippen molar-refractivity contribution in [2.45, 2.75) is 44.6 Å². The van der Waals surface area contributed by atoms with E-state index < -0.39 is 0 Å². The lowest BCUT2D eigenvalue weighted by Gasteiger charge is -2.40. The maximum absolute atomic E-state index is 13.1. The predicted octanol–water partition coefficient (Wildman–Crippen LogP) is 4.56. The van der Waals surface area contributed by atoms with E-state index in [4.69, 9.17) is 0 Å². The summed E-state index contributed by atoms with van der Waals surface area (Å²) in [6.45, 7) is 6.70. The summed E-state index contributed by atoms with van der Waals surface area (Å²) in [7, 11) is 0. The van der Waals surface area contributed by atoms with Crippen molar-refractivity contribution in [3.05, 3.63) is 59.9 Å². The zero-order valence-electron chi connectivity index (χ0n) is 18.4. The second kappa shape index (κ2) is 10.9. The molecule has 0 saturated carbocycles. The minimum absolute atomic E-state index is 0.0329. The van der Waals surface area contributed by atoms with E-state index in [2.05, 4.69) is 15.1 Å². The van der Waals surface area contributed by atoms with Gasteiger partial charge in [-0.05, 0) is 100 Å². The summed E-state index contributed by atoms with van der Waals surface area (Å²) >= 11 is 0. The average molecular weight is 424 g/mol. The maximum Gasteiger partial charge on any atom is 0.251 e. The van der Waals surface area contributed by atoms with Crippen LogP contribution in [0.3, 0.4) is 0 Å². The third kappa shape index (κ3) is 6.14. The van der Waals surface area contributed by atoms with Gasteiger partial charge in [0.1, 0.15) is 5.82 Å². The summed E-state index contributed by atoms with van der Waals surface area (Å²) in [6.07, 6.45) is 7.69. The number of halogens is 1. The smallest absolute Gasteiger partial charge is 0.251 e. The Morgan fingerprint density at radius 1 is 0.871 bits per heavy atom. The van der Waals surface area contributed by atoms with E-state index >= 15 is 0 Å². The lowest BCUT2D eigenvalue weighted by molar-refractivity contribution is 0.0903. The van der Waals surface area contributed by atoms with Crippen molar-refractivity contribution in [3.8, 4) is 11.1 Å². The second-order valence-corrected chi connectivity index (χ2v) is 8.86. The number of hydrogen-bond acceptors (Lipinski definition) is 3. The lowest BCUT2D eigenvalue weighted by atomic mass is 10.00. The summed E-state index contributed by atoms with van der Waals surface area (Å²) in [4.78, 5) is 17.7. The van der Waals surface area contributed by atoms with Crippen LogP contribution in [0.5, 0.6) is 0 Å². The maximum atomic E-state index is 13.1. The zero-order chi connectivity index (χ0) is 21.5. The second-order valence-electron chi connectivity index (χ2n) is 8.86. The molecule has 0 aromatic heterocycles. The number of carbonyl (C=O) groups is 1. The highest BCUT2D eigenvalue weighted by Crippen LogP contribution is 2.21. The van der Waals surface area contributed by atoms with Crippen molar-refractivity contribution < 1.29 is 9.18 Å². The molecule has 5 heteroatoms. The molecule has 0 radical (unpaired) electrons. The van der Waals surface area contributed by atoms with Crippen LogP contribution in [-0.2, 0) is 0 Å². The standard InChI is InChI=1S/C26H34FN3O/c27-24-11-9-22(10-12-24)21-5-7-23(8-6-21)26(31)28-15-4-16-29-19-13-25(14-20-29)30-17-2-1-3-18-30/h5-12,25H,1-4,13-20H2,(H,28,31). The molecule has 4 nitrogen and oxygen atoms in total. The van der Waals surface area contributed by atoms with Crippen LogP contribution in [0, 0.1) is 5.82 Å². The Morgan fingerprint density at radius 3 is 2.13 bits per heavy atom. The molecule has 0 bridgehead atoms.